The van der Waals surface area contributed by atoms with Crippen LogP contribution in [0.15, 0.2) is 30.7 Å². The zero-order valence-electron chi connectivity index (χ0n) is 16.4. The average molecular weight is 370 g/mol. The van der Waals surface area contributed by atoms with E-state index in [4.69, 9.17) is 0 Å². The predicted molar refractivity (Wildman–Crippen MR) is 104 cm³/mol. The summed E-state index contributed by atoms with van der Waals surface area (Å²) < 4.78 is 1.87. The second-order valence-electron chi connectivity index (χ2n) is 7.47. The summed E-state index contributed by atoms with van der Waals surface area (Å²) in [7, 11) is 1.90. The van der Waals surface area contributed by atoms with E-state index in [1.165, 1.54) is 4.90 Å². The van der Waals surface area contributed by atoms with Gasteiger partial charge in [-0.3, -0.25) is 9.69 Å². The lowest BCUT2D eigenvalue weighted by atomic mass is 9.88. The second kappa shape index (κ2) is 7.06. The third-order valence-corrected chi connectivity index (χ3v) is 5.10. The third kappa shape index (κ3) is 3.41. The first kappa shape index (κ1) is 18.9. The van der Waals surface area contributed by atoms with Crippen LogP contribution >= 0.6 is 0 Å². The highest BCUT2D eigenvalue weighted by molar-refractivity contribution is 5.94. The molecular formula is C20H26N4O3. The van der Waals surface area contributed by atoms with Gasteiger partial charge in [0.1, 0.15) is 0 Å². The number of hydrogen-bond acceptors (Lipinski definition) is 3. The fourth-order valence-corrected chi connectivity index (χ4v) is 4.01. The minimum atomic E-state index is -0.951. The molecule has 0 saturated heterocycles. The molecule has 1 aromatic heterocycles. The van der Waals surface area contributed by atoms with Gasteiger partial charge in [0, 0.05) is 43.5 Å². The smallest absolute Gasteiger partial charge is 0.408 e. The molecule has 2 aromatic rings. The van der Waals surface area contributed by atoms with Crippen molar-refractivity contribution in [2.75, 3.05) is 4.90 Å². The molecule has 2 amide bonds. The molecule has 2 heterocycles. The van der Waals surface area contributed by atoms with Crippen LogP contribution in [0.3, 0.4) is 0 Å². The maximum atomic E-state index is 12.3. The Morgan fingerprint density at radius 3 is 2.56 bits per heavy atom. The van der Waals surface area contributed by atoms with Gasteiger partial charge in [-0.2, -0.15) is 0 Å². The van der Waals surface area contributed by atoms with Crippen LogP contribution in [0.1, 0.15) is 45.7 Å². The molecule has 2 atom stereocenters. The van der Waals surface area contributed by atoms with E-state index in [2.05, 4.69) is 4.98 Å². The zero-order chi connectivity index (χ0) is 19.9. The molecule has 0 spiro atoms. The average Bonchev–Trinajstić information content (AvgIpc) is 3.00. The molecular weight excluding hydrogens is 344 g/mol. The standard InChI is InChI=1S/C20H26N4O3/c1-12(2)23(20(26)27)19-8-13(3)24(14(4)25)18-7-6-15(9-16(18)19)17-10-22(5)11-21-17/h6-7,9-13,19H,8H2,1-5H3,(H,26,27)/t13-,19+/m0/s1. The van der Waals surface area contributed by atoms with Crippen molar-refractivity contribution in [2.45, 2.75) is 52.2 Å². The summed E-state index contributed by atoms with van der Waals surface area (Å²) in [6, 6.07) is 5.25. The monoisotopic (exact) mass is 370 g/mol. The Morgan fingerprint density at radius 1 is 1.33 bits per heavy atom. The number of aromatic nitrogens is 2. The van der Waals surface area contributed by atoms with Gasteiger partial charge < -0.3 is 14.6 Å². The van der Waals surface area contributed by atoms with E-state index in [0.29, 0.717) is 6.42 Å². The number of benzene rings is 1. The molecule has 0 saturated carbocycles. The number of amides is 2. The summed E-state index contributed by atoms with van der Waals surface area (Å²) in [5.41, 5.74) is 3.35. The van der Waals surface area contributed by atoms with Crippen molar-refractivity contribution in [3.63, 3.8) is 0 Å². The molecule has 1 aromatic carbocycles. The SMILES string of the molecule is CC(=O)N1c2ccc(-c3cn(C)cn3)cc2[C@H](N(C(=O)O)C(C)C)C[C@@H]1C. The van der Waals surface area contributed by atoms with E-state index >= 15 is 0 Å². The molecule has 0 radical (unpaired) electrons. The number of anilines is 1. The number of aryl methyl sites for hydroxylation is 1. The molecule has 144 valence electrons. The van der Waals surface area contributed by atoms with Gasteiger partial charge in [0.25, 0.3) is 0 Å². The Kier molecular flexibility index (Phi) is 4.95. The van der Waals surface area contributed by atoms with E-state index in [1.54, 1.807) is 18.2 Å². The number of rotatable bonds is 3. The second-order valence-corrected chi connectivity index (χ2v) is 7.47. The summed E-state index contributed by atoms with van der Waals surface area (Å²) in [5, 5.41) is 9.80. The topological polar surface area (TPSA) is 78.7 Å². The van der Waals surface area contributed by atoms with Crippen molar-refractivity contribution in [3.8, 4) is 11.3 Å². The maximum Gasteiger partial charge on any atom is 0.408 e. The molecule has 0 bridgehead atoms. The molecule has 7 nitrogen and oxygen atoms in total. The van der Waals surface area contributed by atoms with Crippen LogP contribution in [0.25, 0.3) is 11.3 Å². The molecule has 27 heavy (non-hydrogen) atoms. The van der Waals surface area contributed by atoms with E-state index in [0.717, 1.165) is 22.5 Å². The lowest BCUT2D eigenvalue weighted by molar-refractivity contribution is -0.117. The highest BCUT2D eigenvalue weighted by atomic mass is 16.4. The molecule has 0 fully saturated rings. The minimum absolute atomic E-state index is 0.0424. The first-order chi connectivity index (χ1) is 12.7. The van der Waals surface area contributed by atoms with Gasteiger partial charge in [-0.25, -0.2) is 9.78 Å². The number of carbonyl (C=O) groups excluding carboxylic acids is 1. The molecule has 1 aliphatic heterocycles. The Bertz CT molecular complexity index is 874. The zero-order valence-corrected chi connectivity index (χ0v) is 16.4. The highest BCUT2D eigenvalue weighted by Gasteiger charge is 2.38. The number of nitrogens with zero attached hydrogens (tertiary/aromatic N) is 4. The molecule has 1 N–H and O–H groups in total. The number of carboxylic acid groups (broad SMARTS) is 1. The quantitative estimate of drug-likeness (QED) is 0.894. The Labute approximate surface area is 159 Å². The van der Waals surface area contributed by atoms with Gasteiger partial charge in [-0.05, 0) is 44.9 Å². The summed E-state index contributed by atoms with van der Waals surface area (Å²) in [6.45, 7) is 7.26. The number of fused-ring (bicyclic) bond motifs is 1. The first-order valence-electron chi connectivity index (χ1n) is 9.14. The van der Waals surface area contributed by atoms with Crippen molar-refractivity contribution in [3.05, 3.63) is 36.3 Å². The van der Waals surface area contributed by atoms with Crippen LogP contribution in [0.5, 0.6) is 0 Å². The molecule has 0 unspecified atom stereocenters. The maximum absolute atomic E-state index is 12.3. The fourth-order valence-electron chi connectivity index (χ4n) is 4.01. The van der Waals surface area contributed by atoms with E-state index in [1.807, 2.05) is 56.8 Å². The lowest BCUT2D eigenvalue weighted by Crippen LogP contribution is -2.48. The van der Waals surface area contributed by atoms with Gasteiger partial charge in [0.15, 0.2) is 0 Å². The van der Waals surface area contributed by atoms with Crippen LogP contribution < -0.4 is 4.90 Å². The summed E-state index contributed by atoms with van der Waals surface area (Å²) in [4.78, 5) is 31.9. The van der Waals surface area contributed by atoms with Crippen molar-refractivity contribution in [1.29, 1.82) is 0 Å². The van der Waals surface area contributed by atoms with Gasteiger partial charge in [0.2, 0.25) is 5.91 Å². The van der Waals surface area contributed by atoms with Crippen molar-refractivity contribution < 1.29 is 14.7 Å². The molecule has 1 aliphatic rings. The van der Waals surface area contributed by atoms with E-state index in [9.17, 15) is 14.7 Å². The van der Waals surface area contributed by atoms with Crippen LogP contribution in [-0.2, 0) is 11.8 Å². The molecule has 3 rings (SSSR count). The van der Waals surface area contributed by atoms with Gasteiger partial charge in [0.05, 0.1) is 18.1 Å². The summed E-state index contributed by atoms with van der Waals surface area (Å²) >= 11 is 0. The van der Waals surface area contributed by atoms with Gasteiger partial charge >= 0.3 is 6.09 Å². The van der Waals surface area contributed by atoms with E-state index < -0.39 is 6.09 Å². The largest absolute Gasteiger partial charge is 0.465 e. The van der Waals surface area contributed by atoms with Crippen LogP contribution in [0, 0.1) is 0 Å². The third-order valence-electron chi connectivity index (χ3n) is 5.10. The van der Waals surface area contributed by atoms with Crippen LogP contribution in [0.2, 0.25) is 0 Å². The Morgan fingerprint density at radius 2 is 2.04 bits per heavy atom. The van der Waals surface area contributed by atoms with Crippen molar-refractivity contribution >= 4 is 17.7 Å². The molecule has 0 aliphatic carbocycles. The number of imidazole rings is 1. The van der Waals surface area contributed by atoms with E-state index in [-0.39, 0.29) is 24.0 Å². The van der Waals surface area contributed by atoms with Crippen LogP contribution in [-0.4, -0.2) is 43.6 Å². The lowest BCUT2D eigenvalue weighted by Gasteiger charge is -2.43. The molecule has 7 heteroatoms. The minimum Gasteiger partial charge on any atom is -0.465 e. The summed E-state index contributed by atoms with van der Waals surface area (Å²) in [5.74, 6) is -0.0424. The Balaban J connectivity index is 2.17. The first-order valence-corrected chi connectivity index (χ1v) is 9.14. The number of hydrogen-bond donors (Lipinski definition) is 1. The normalized spacial score (nSPS) is 19.1. The highest BCUT2D eigenvalue weighted by Crippen LogP contribution is 2.42. The number of carbonyl (C=O) groups is 2. The van der Waals surface area contributed by atoms with Gasteiger partial charge in [-0.1, -0.05) is 6.07 Å². The Hall–Kier alpha value is -2.83. The summed E-state index contributed by atoms with van der Waals surface area (Å²) in [6.07, 6.45) is 3.26. The van der Waals surface area contributed by atoms with Crippen molar-refractivity contribution in [2.24, 2.45) is 7.05 Å². The van der Waals surface area contributed by atoms with Crippen LogP contribution in [0.4, 0.5) is 10.5 Å². The van der Waals surface area contributed by atoms with Gasteiger partial charge in [-0.15, -0.1) is 0 Å². The predicted octanol–water partition coefficient (Wildman–Crippen LogP) is 3.66. The fraction of sp³-hybridized carbons (Fsp3) is 0.450. The van der Waals surface area contributed by atoms with Crippen molar-refractivity contribution in [1.82, 2.24) is 14.5 Å².